The van der Waals surface area contributed by atoms with E-state index in [4.69, 9.17) is 0 Å². The van der Waals surface area contributed by atoms with Gasteiger partial charge in [0.1, 0.15) is 9.90 Å². The van der Waals surface area contributed by atoms with Gasteiger partial charge in [-0.3, -0.25) is 5.10 Å². The molecule has 0 aliphatic rings. The van der Waals surface area contributed by atoms with E-state index in [1.807, 2.05) is 24.3 Å². The zero-order valence-corrected chi connectivity index (χ0v) is 12.3. The molecule has 0 bridgehead atoms. The zero-order valence-electron chi connectivity index (χ0n) is 10.6. The summed E-state index contributed by atoms with van der Waals surface area (Å²) < 4.78 is 26.8. The quantitative estimate of drug-likeness (QED) is 0.797. The van der Waals surface area contributed by atoms with E-state index in [9.17, 15) is 8.42 Å². The lowest BCUT2D eigenvalue weighted by Crippen LogP contribution is -2.26. The summed E-state index contributed by atoms with van der Waals surface area (Å²) in [7, 11) is -1.99. The van der Waals surface area contributed by atoms with Crippen LogP contribution in [-0.4, -0.2) is 35.0 Å². The van der Waals surface area contributed by atoms with Gasteiger partial charge >= 0.3 is 0 Å². The normalized spacial score (nSPS) is 12.3. The van der Waals surface area contributed by atoms with Crippen LogP contribution < -0.4 is 0 Å². The molecular formula is C12H12N4O2S2. The van der Waals surface area contributed by atoms with Crippen molar-refractivity contribution in [3.8, 4) is 0 Å². The third-order valence-corrected chi connectivity index (χ3v) is 5.67. The number of hydrogen-bond acceptors (Lipinski definition) is 5. The maximum Gasteiger partial charge on any atom is 0.246 e. The topological polar surface area (TPSA) is 79.0 Å². The van der Waals surface area contributed by atoms with E-state index in [1.165, 1.54) is 35.1 Å². The second-order valence-electron chi connectivity index (χ2n) is 4.27. The number of fused-ring (bicyclic) bond motifs is 1. The van der Waals surface area contributed by atoms with Gasteiger partial charge in [0.15, 0.2) is 0 Å². The number of sulfonamides is 1. The van der Waals surface area contributed by atoms with Gasteiger partial charge in [-0.15, -0.1) is 11.3 Å². The predicted molar refractivity (Wildman–Crippen MR) is 76.9 cm³/mol. The Morgan fingerprint density at radius 3 is 2.85 bits per heavy atom. The first-order valence-electron chi connectivity index (χ1n) is 5.87. The Hall–Kier alpha value is -1.77. The van der Waals surface area contributed by atoms with Crippen molar-refractivity contribution in [1.29, 1.82) is 0 Å². The predicted octanol–water partition coefficient (Wildman–Crippen LogP) is 1.84. The Morgan fingerprint density at radius 2 is 2.15 bits per heavy atom. The Kier molecular flexibility index (Phi) is 3.28. The molecular weight excluding hydrogens is 296 g/mol. The minimum atomic E-state index is -3.53. The lowest BCUT2D eigenvalue weighted by atomic mass is 10.3. The van der Waals surface area contributed by atoms with Crippen molar-refractivity contribution in [2.24, 2.45) is 0 Å². The van der Waals surface area contributed by atoms with Crippen LogP contribution in [0.1, 0.15) is 5.01 Å². The molecule has 0 fully saturated rings. The van der Waals surface area contributed by atoms with E-state index in [0.29, 0.717) is 0 Å². The van der Waals surface area contributed by atoms with Gasteiger partial charge in [0.25, 0.3) is 0 Å². The first-order chi connectivity index (χ1) is 9.57. The van der Waals surface area contributed by atoms with E-state index in [0.717, 1.165) is 15.2 Å². The summed E-state index contributed by atoms with van der Waals surface area (Å²) in [4.78, 5) is 4.59. The van der Waals surface area contributed by atoms with Crippen LogP contribution in [0.4, 0.5) is 0 Å². The largest absolute Gasteiger partial charge is 0.284 e. The molecule has 0 saturated heterocycles. The molecule has 8 heteroatoms. The summed E-state index contributed by atoms with van der Waals surface area (Å²) in [5.74, 6) is 0. The third kappa shape index (κ3) is 2.33. The smallest absolute Gasteiger partial charge is 0.246 e. The molecule has 2 heterocycles. The van der Waals surface area contributed by atoms with Gasteiger partial charge in [0.2, 0.25) is 10.0 Å². The van der Waals surface area contributed by atoms with Gasteiger partial charge in [0.05, 0.1) is 23.0 Å². The van der Waals surface area contributed by atoms with Gasteiger partial charge in [0, 0.05) is 13.2 Å². The third-order valence-electron chi connectivity index (χ3n) is 2.88. The Labute approximate surface area is 120 Å². The first kappa shape index (κ1) is 13.2. The summed E-state index contributed by atoms with van der Waals surface area (Å²) in [5.41, 5.74) is 0.890. The fourth-order valence-electron chi connectivity index (χ4n) is 1.82. The average molecular weight is 308 g/mol. The van der Waals surface area contributed by atoms with Gasteiger partial charge in [-0.1, -0.05) is 12.1 Å². The molecule has 0 spiro atoms. The van der Waals surface area contributed by atoms with Crippen molar-refractivity contribution < 1.29 is 8.42 Å². The number of nitrogens with one attached hydrogen (secondary N) is 1. The van der Waals surface area contributed by atoms with Gasteiger partial charge in [-0.05, 0) is 12.1 Å². The van der Waals surface area contributed by atoms with Crippen LogP contribution in [0.3, 0.4) is 0 Å². The molecule has 104 valence electrons. The minimum absolute atomic E-state index is 0.154. The van der Waals surface area contributed by atoms with Crippen LogP contribution in [0.5, 0.6) is 0 Å². The second kappa shape index (κ2) is 4.97. The van der Waals surface area contributed by atoms with Crippen molar-refractivity contribution in [2.45, 2.75) is 11.4 Å². The van der Waals surface area contributed by atoms with Crippen molar-refractivity contribution in [3.63, 3.8) is 0 Å². The van der Waals surface area contributed by atoms with E-state index in [2.05, 4.69) is 15.2 Å². The number of benzene rings is 1. The molecule has 0 amide bonds. The van der Waals surface area contributed by atoms with Crippen LogP contribution in [0, 0.1) is 0 Å². The van der Waals surface area contributed by atoms with Crippen molar-refractivity contribution in [3.05, 3.63) is 41.7 Å². The van der Waals surface area contributed by atoms with E-state index < -0.39 is 10.0 Å². The maximum absolute atomic E-state index is 12.3. The van der Waals surface area contributed by atoms with Crippen LogP contribution in [0.15, 0.2) is 41.6 Å². The maximum atomic E-state index is 12.3. The fourth-order valence-corrected chi connectivity index (χ4v) is 3.97. The molecule has 0 unspecified atom stereocenters. The number of aromatic amines is 1. The molecule has 20 heavy (non-hydrogen) atoms. The number of rotatable bonds is 4. The molecule has 6 nitrogen and oxygen atoms in total. The monoisotopic (exact) mass is 308 g/mol. The summed E-state index contributed by atoms with van der Waals surface area (Å²) in [5, 5.41) is 6.94. The standard InChI is InChI=1S/C12H12N4O2S2/c1-16(20(17,18)9-6-13-14-7-9)8-12-15-10-4-2-3-5-11(10)19-12/h2-7H,8H2,1H3,(H,13,14). The van der Waals surface area contributed by atoms with E-state index in [-0.39, 0.29) is 11.4 Å². The number of H-pyrrole nitrogens is 1. The number of nitrogens with zero attached hydrogens (tertiary/aromatic N) is 3. The molecule has 0 atom stereocenters. The van der Waals surface area contributed by atoms with Crippen LogP contribution in [0.25, 0.3) is 10.2 Å². The SMILES string of the molecule is CN(Cc1nc2ccccc2s1)S(=O)(=O)c1cn[nH]c1. The Morgan fingerprint density at radius 1 is 1.35 bits per heavy atom. The highest BCUT2D eigenvalue weighted by atomic mass is 32.2. The molecule has 2 aromatic heterocycles. The Bertz CT molecular complexity index is 791. The van der Waals surface area contributed by atoms with E-state index in [1.54, 1.807) is 0 Å². The highest BCUT2D eigenvalue weighted by Gasteiger charge is 2.22. The highest BCUT2D eigenvalue weighted by molar-refractivity contribution is 7.89. The van der Waals surface area contributed by atoms with Gasteiger partial charge in [-0.25, -0.2) is 13.4 Å². The summed E-state index contributed by atoms with van der Waals surface area (Å²) >= 11 is 1.50. The summed E-state index contributed by atoms with van der Waals surface area (Å²) in [6.07, 6.45) is 2.66. The number of para-hydroxylation sites is 1. The molecule has 0 radical (unpaired) electrons. The van der Waals surface area contributed by atoms with Crippen LogP contribution in [-0.2, 0) is 16.6 Å². The van der Waals surface area contributed by atoms with Crippen LogP contribution >= 0.6 is 11.3 Å². The second-order valence-corrected chi connectivity index (χ2v) is 7.43. The summed E-state index contributed by atoms with van der Waals surface area (Å²) in [6.45, 7) is 0.243. The minimum Gasteiger partial charge on any atom is -0.284 e. The highest BCUT2D eigenvalue weighted by Crippen LogP contribution is 2.24. The zero-order chi connectivity index (χ0) is 14.2. The lowest BCUT2D eigenvalue weighted by molar-refractivity contribution is 0.466. The van der Waals surface area contributed by atoms with Crippen molar-refractivity contribution in [1.82, 2.24) is 19.5 Å². The summed E-state index contributed by atoms with van der Waals surface area (Å²) in [6, 6.07) is 7.75. The van der Waals surface area contributed by atoms with Crippen LogP contribution in [0.2, 0.25) is 0 Å². The van der Waals surface area contributed by atoms with Gasteiger partial charge in [-0.2, -0.15) is 9.40 Å². The van der Waals surface area contributed by atoms with Crippen molar-refractivity contribution >= 4 is 31.6 Å². The molecule has 3 rings (SSSR count). The van der Waals surface area contributed by atoms with Gasteiger partial charge < -0.3 is 0 Å². The fraction of sp³-hybridized carbons (Fsp3) is 0.167. The average Bonchev–Trinajstić information content (AvgIpc) is 3.07. The molecule has 1 N–H and O–H groups in total. The molecule has 3 aromatic rings. The molecule has 1 aromatic carbocycles. The van der Waals surface area contributed by atoms with Crippen molar-refractivity contribution in [2.75, 3.05) is 7.05 Å². The lowest BCUT2D eigenvalue weighted by Gasteiger charge is -2.13. The van der Waals surface area contributed by atoms with E-state index >= 15 is 0 Å². The first-order valence-corrected chi connectivity index (χ1v) is 8.12. The number of hydrogen-bond donors (Lipinski definition) is 1. The molecule has 0 aliphatic heterocycles. The number of thiazole rings is 1. The molecule has 0 aliphatic carbocycles. The molecule has 0 saturated carbocycles. The number of aromatic nitrogens is 3. The Balaban J connectivity index is 1.87.